The van der Waals surface area contributed by atoms with Gasteiger partial charge in [-0.05, 0) is 46.6 Å². The molecule has 2 N–H and O–H groups in total. The number of hydrogen-bond donors (Lipinski definition) is 2. The maximum absolute atomic E-state index is 11.9. The molecular formula is C15H30ClN3O2. The molecule has 2 amide bonds. The topological polar surface area (TPSA) is 61.4 Å². The van der Waals surface area contributed by atoms with Crippen LogP contribution in [0.1, 0.15) is 52.9 Å². The summed E-state index contributed by atoms with van der Waals surface area (Å²) in [6.07, 6.45) is 3.69. The van der Waals surface area contributed by atoms with Crippen molar-refractivity contribution in [3.8, 4) is 0 Å². The molecule has 0 radical (unpaired) electrons. The van der Waals surface area contributed by atoms with Gasteiger partial charge in [0.1, 0.15) is 0 Å². The van der Waals surface area contributed by atoms with Crippen molar-refractivity contribution in [3.63, 3.8) is 0 Å². The third-order valence-electron chi connectivity index (χ3n) is 4.02. The molecule has 0 spiro atoms. The molecule has 5 nitrogen and oxygen atoms in total. The van der Waals surface area contributed by atoms with E-state index in [-0.39, 0.29) is 30.3 Å². The molecule has 1 rings (SSSR count). The van der Waals surface area contributed by atoms with Gasteiger partial charge < -0.3 is 15.5 Å². The van der Waals surface area contributed by atoms with Crippen molar-refractivity contribution in [1.29, 1.82) is 0 Å². The minimum absolute atomic E-state index is 0. The number of carbonyl (C=O) groups is 2. The van der Waals surface area contributed by atoms with E-state index in [4.69, 9.17) is 0 Å². The van der Waals surface area contributed by atoms with Crippen molar-refractivity contribution in [3.05, 3.63) is 0 Å². The Bertz CT molecular complexity index is 322. The molecule has 21 heavy (non-hydrogen) atoms. The molecule has 124 valence electrons. The zero-order chi connectivity index (χ0) is 15.0. The van der Waals surface area contributed by atoms with Gasteiger partial charge in [0.25, 0.3) is 0 Å². The van der Waals surface area contributed by atoms with Gasteiger partial charge in [0.15, 0.2) is 0 Å². The van der Waals surface area contributed by atoms with E-state index in [1.165, 1.54) is 0 Å². The van der Waals surface area contributed by atoms with Crippen molar-refractivity contribution < 1.29 is 9.59 Å². The zero-order valence-corrected chi connectivity index (χ0v) is 14.3. The highest BCUT2D eigenvalue weighted by Crippen LogP contribution is 2.09. The van der Waals surface area contributed by atoms with Crippen LogP contribution in [0.2, 0.25) is 0 Å². The van der Waals surface area contributed by atoms with Crippen molar-refractivity contribution in [1.82, 2.24) is 15.5 Å². The summed E-state index contributed by atoms with van der Waals surface area (Å²) in [6, 6.07) is 0.569. The number of halogens is 1. The normalized spacial score (nSPS) is 21.3. The molecular weight excluding hydrogens is 290 g/mol. The molecule has 2 atom stereocenters. The van der Waals surface area contributed by atoms with E-state index in [0.29, 0.717) is 25.3 Å². The van der Waals surface area contributed by atoms with Gasteiger partial charge in [0.05, 0.1) is 0 Å². The molecule has 1 fully saturated rings. The average molecular weight is 320 g/mol. The number of piperidine rings is 1. The van der Waals surface area contributed by atoms with Crippen LogP contribution in [0.25, 0.3) is 0 Å². The van der Waals surface area contributed by atoms with Crippen LogP contribution in [0, 0.1) is 0 Å². The van der Waals surface area contributed by atoms with E-state index >= 15 is 0 Å². The molecule has 1 aliphatic heterocycles. The largest absolute Gasteiger partial charge is 0.352 e. The van der Waals surface area contributed by atoms with Crippen molar-refractivity contribution in [2.45, 2.75) is 65.0 Å². The maximum Gasteiger partial charge on any atom is 0.222 e. The van der Waals surface area contributed by atoms with Crippen LogP contribution in [-0.2, 0) is 9.59 Å². The highest BCUT2D eigenvalue weighted by molar-refractivity contribution is 5.85. The fourth-order valence-corrected chi connectivity index (χ4v) is 2.65. The van der Waals surface area contributed by atoms with E-state index in [9.17, 15) is 9.59 Å². The molecule has 1 aliphatic rings. The predicted molar refractivity (Wildman–Crippen MR) is 87.7 cm³/mol. The Labute approximate surface area is 134 Å². The highest BCUT2D eigenvalue weighted by atomic mass is 35.5. The fraction of sp³-hybridized carbons (Fsp3) is 0.867. The SMILES string of the molecule is CCN(CC)C(=O)CCCC(=O)NC1CCCNC1C.Cl. The summed E-state index contributed by atoms with van der Waals surface area (Å²) < 4.78 is 0. The molecule has 0 aromatic heterocycles. The molecule has 2 unspecified atom stereocenters. The standard InChI is InChI=1S/C15H29N3O2.ClH/c1-4-18(5-2)15(20)10-6-9-14(19)17-13-8-7-11-16-12(13)3;/h12-13,16H,4-11H2,1-3H3,(H,17,19);1H. The fourth-order valence-electron chi connectivity index (χ4n) is 2.65. The number of amides is 2. The van der Waals surface area contributed by atoms with Gasteiger partial charge in [-0.1, -0.05) is 0 Å². The molecule has 0 saturated carbocycles. The lowest BCUT2D eigenvalue weighted by molar-refractivity contribution is -0.131. The van der Waals surface area contributed by atoms with E-state index in [0.717, 1.165) is 32.5 Å². The first-order chi connectivity index (χ1) is 9.58. The van der Waals surface area contributed by atoms with Gasteiger partial charge >= 0.3 is 0 Å². The Morgan fingerprint density at radius 2 is 1.90 bits per heavy atom. The van der Waals surface area contributed by atoms with E-state index in [1.54, 1.807) is 0 Å². The Balaban J connectivity index is 0.00000400. The molecule has 0 aromatic rings. The van der Waals surface area contributed by atoms with Crippen LogP contribution < -0.4 is 10.6 Å². The van der Waals surface area contributed by atoms with E-state index < -0.39 is 0 Å². The van der Waals surface area contributed by atoms with E-state index in [2.05, 4.69) is 17.6 Å². The van der Waals surface area contributed by atoms with Crippen molar-refractivity contribution >= 4 is 24.2 Å². The second-order valence-electron chi connectivity index (χ2n) is 5.48. The molecule has 6 heteroatoms. The van der Waals surface area contributed by atoms with E-state index in [1.807, 2.05) is 18.7 Å². The smallest absolute Gasteiger partial charge is 0.222 e. The number of carbonyl (C=O) groups excluding carboxylic acids is 2. The molecule has 1 heterocycles. The lowest BCUT2D eigenvalue weighted by atomic mass is 9.99. The lowest BCUT2D eigenvalue weighted by Crippen LogP contribution is -2.51. The van der Waals surface area contributed by atoms with Gasteiger partial charge in [-0.15, -0.1) is 12.4 Å². The summed E-state index contributed by atoms with van der Waals surface area (Å²) in [7, 11) is 0. The Hall–Kier alpha value is -0.810. The lowest BCUT2D eigenvalue weighted by Gasteiger charge is -2.30. The average Bonchev–Trinajstić information content (AvgIpc) is 2.43. The zero-order valence-electron chi connectivity index (χ0n) is 13.5. The number of hydrogen-bond acceptors (Lipinski definition) is 3. The van der Waals surface area contributed by atoms with Crippen LogP contribution in [0.5, 0.6) is 0 Å². The van der Waals surface area contributed by atoms with Crippen molar-refractivity contribution in [2.24, 2.45) is 0 Å². The maximum atomic E-state index is 11.9. The van der Waals surface area contributed by atoms with Crippen LogP contribution in [0.4, 0.5) is 0 Å². The van der Waals surface area contributed by atoms with Gasteiger partial charge in [-0.3, -0.25) is 9.59 Å². The molecule has 1 saturated heterocycles. The quantitative estimate of drug-likeness (QED) is 0.751. The Kier molecular flexibility index (Phi) is 10.4. The number of rotatable bonds is 7. The first-order valence-electron chi connectivity index (χ1n) is 7.89. The summed E-state index contributed by atoms with van der Waals surface area (Å²) in [4.78, 5) is 25.5. The van der Waals surface area contributed by atoms with Crippen LogP contribution in [-0.4, -0.2) is 48.4 Å². The van der Waals surface area contributed by atoms with Gasteiger partial charge in [-0.2, -0.15) is 0 Å². The molecule has 0 aliphatic carbocycles. The second-order valence-corrected chi connectivity index (χ2v) is 5.48. The highest BCUT2D eigenvalue weighted by Gasteiger charge is 2.22. The minimum Gasteiger partial charge on any atom is -0.352 e. The van der Waals surface area contributed by atoms with Gasteiger partial charge in [0, 0.05) is 38.0 Å². The summed E-state index contributed by atoms with van der Waals surface area (Å²) >= 11 is 0. The van der Waals surface area contributed by atoms with Crippen molar-refractivity contribution in [2.75, 3.05) is 19.6 Å². The minimum atomic E-state index is 0. The predicted octanol–water partition coefficient (Wildman–Crippen LogP) is 1.70. The van der Waals surface area contributed by atoms with Gasteiger partial charge in [-0.25, -0.2) is 0 Å². The van der Waals surface area contributed by atoms with Crippen LogP contribution >= 0.6 is 12.4 Å². The number of nitrogens with one attached hydrogen (secondary N) is 2. The first-order valence-corrected chi connectivity index (χ1v) is 7.89. The summed E-state index contributed by atoms with van der Waals surface area (Å²) in [5.74, 6) is 0.216. The monoisotopic (exact) mass is 319 g/mol. The third kappa shape index (κ3) is 7.14. The second kappa shape index (κ2) is 10.9. The van der Waals surface area contributed by atoms with Crippen LogP contribution in [0.15, 0.2) is 0 Å². The molecule has 0 bridgehead atoms. The summed E-state index contributed by atoms with van der Waals surface area (Å²) in [5.41, 5.74) is 0. The summed E-state index contributed by atoms with van der Waals surface area (Å²) in [6.45, 7) is 8.58. The molecule has 0 aromatic carbocycles. The first kappa shape index (κ1) is 20.2. The Morgan fingerprint density at radius 3 is 2.48 bits per heavy atom. The Morgan fingerprint density at radius 1 is 1.24 bits per heavy atom. The number of nitrogens with zero attached hydrogens (tertiary/aromatic N) is 1. The van der Waals surface area contributed by atoms with Gasteiger partial charge in [0.2, 0.25) is 11.8 Å². The summed E-state index contributed by atoms with van der Waals surface area (Å²) in [5, 5.41) is 6.44. The third-order valence-corrected chi connectivity index (χ3v) is 4.02. The van der Waals surface area contributed by atoms with Crippen LogP contribution in [0.3, 0.4) is 0 Å².